The van der Waals surface area contributed by atoms with Crippen LogP contribution in [0, 0.1) is 13.8 Å². The first kappa shape index (κ1) is 25.2. The molecule has 0 aliphatic heterocycles. The lowest BCUT2D eigenvalue weighted by atomic mass is 10.1. The molecule has 0 aliphatic rings. The third kappa shape index (κ3) is 7.25. The fraction of sp³-hybridized carbons (Fsp3) is 0.417. The molecule has 2 aromatic carbocycles. The van der Waals surface area contributed by atoms with Crippen molar-refractivity contribution in [2.75, 3.05) is 13.2 Å². The Kier molecular flexibility index (Phi) is 9.85. The van der Waals surface area contributed by atoms with Gasteiger partial charge in [-0.1, -0.05) is 59.1 Å². The minimum absolute atomic E-state index is 0.169. The third-order valence-corrected chi connectivity index (χ3v) is 6.69. The van der Waals surface area contributed by atoms with Crippen LogP contribution in [0.2, 0.25) is 5.02 Å². The number of ether oxygens (including phenoxy) is 1. The van der Waals surface area contributed by atoms with Gasteiger partial charge in [-0.2, -0.15) is 0 Å². The maximum atomic E-state index is 13.1. The van der Waals surface area contributed by atoms with Gasteiger partial charge in [0.1, 0.15) is 11.8 Å². The molecule has 1 N–H and O–H groups in total. The molecule has 0 saturated heterocycles. The van der Waals surface area contributed by atoms with E-state index in [2.05, 4.69) is 28.2 Å². The Hall–Kier alpha value is -2.05. The molecular formula is C24H30BrClN2O3. The number of unbranched alkanes of at least 4 members (excludes halogenated alkanes) is 1. The highest BCUT2D eigenvalue weighted by Gasteiger charge is 2.27. The summed E-state index contributed by atoms with van der Waals surface area (Å²) in [5, 5.41) is 3.46. The van der Waals surface area contributed by atoms with Crippen LogP contribution in [0.4, 0.5) is 0 Å². The molecule has 0 aromatic heterocycles. The minimum Gasteiger partial charge on any atom is -0.484 e. The van der Waals surface area contributed by atoms with Gasteiger partial charge in [0, 0.05) is 22.6 Å². The molecule has 0 saturated carbocycles. The molecular weight excluding hydrogens is 480 g/mol. The fourth-order valence-electron chi connectivity index (χ4n) is 3.15. The smallest absolute Gasteiger partial charge is 0.261 e. The number of carbonyl (C=O) groups excluding carboxylic acids is 2. The van der Waals surface area contributed by atoms with Gasteiger partial charge in [-0.05, 0) is 62.1 Å². The number of hydrogen-bond acceptors (Lipinski definition) is 3. The van der Waals surface area contributed by atoms with Crippen molar-refractivity contribution in [1.82, 2.24) is 10.2 Å². The number of carbonyl (C=O) groups is 2. The Morgan fingerprint density at radius 2 is 1.84 bits per heavy atom. The number of amides is 2. The van der Waals surface area contributed by atoms with Crippen LogP contribution in [0.15, 0.2) is 40.9 Å². The van der Waals surface area contributed by atoms with Crippen LogP contribution >= 0.6 is 27.5 Å². The first-order valence-corrected chi connectivity index (χ1v) is 11.6. The Morgan fingerprint density at radius 1 is 1.19 bits per heavy atom. The fourth-order valence-corrected chi connectivity index (χ4v) is 3.57. The summed E-state index contributed by atoms with van der Waals surface area (Å²) >= 11 is 9.84. The average molecular weight is 510 g/mol. The van der Waals surface area contributed by atoms with E-state index in [9.17, 15) is 9.59 Å². The van der Waals surface area contributed by atoms with E-state index in [1.54, 1.807) is 13.0 Å². The predicted molar refractivity (Wildman–Crippen MR) is 128 cm³/mol. The van der Waals surface area contributed by atoms with Gasteiger partial charge in [0.2, 0.25) is 5.91 Å². The Morgan fingerprint density at radius 3 is 2.45 bits per heavy atom. The van der Waals surface area contributed by atoms with Crippen LogP contribution < -0.4 is 10.1 Å². The van der Waals surface area contributed by atoms with Crippen molar-refractivity contribution in [2.45, 2.75) is 53.1 Å². The molecule has 5 nitrogen and oxygen atoms in total. The summed E-state index contributed by atoms with van der Waals surface area (Å²) in [7, 11) is 0. The van der Waals surface area contributed by atoms with Crippen molar-refractivity contribution in [3.63, 3.8) is 0 Å². The number of hydrogen-bond donors (Lipinski definition) is 1. The van der Waals surface area contributed by atoms with E-state index >= 15 is 0 Å². The standard InChI is InChI=1S/C24H30BrClN2O3/c1-5-6-11-27-24(30)18(4)28(14-19-9-7-8-10-21(19)26)22(29)15-31-20-12-16(2)23(25)17(3)13-20/h7-10,12-13,18H,5-6,11,14-15H2,1-4H3,(H,27,30)/t18-/m1/s1. The zero-order valence-electron chi connectivity index (χ0n) is 18.5. The largest absolute Gasteiger partial charge is 0.484 e. The van der Waals surface area contributed by atoms with Crippen molar-refractivity contribution in [2.24, 2.45) is 0 Å². The molecule has 0 unspecified atom stereocenters. The van der Waals surface area contributed by atoms with Crippen LogP contribution in [0.3, 0.4) is 0 Å². The molecule has 0 radical (unpaired) electrons. The zero-order valence-corrected chi connectivity index (χ0v) is 20.8. The van der Waals surface area contributed by atoms with Gasteiger partial charge in [0.25, 0.3) is 5.91 Å². The minimum atomic E-state index is -0.655. The van der Waals surface area contributed by atoms with E-state index in [1.807, 2.05) is 44.2 Å². The summed E-state index contributed by atoms with van der Waals surface area (Å²) in [6, 6.07) is 10.4. The molecule has 0 heterocycles. The number of halogens is 2. The first-order chi connectivity index (χ1) is 14.7. The molecule has 1 atom stereocenters. The van der Waals surface area contributed by atoms with E-state index in [0.29, 0.717) is 17.3 Å². The van der Waals surface area contributed by atoms with Gasteiger partial charge in [-0.3, -0.25) is 9.59 Å². The summed E-state index contributed by atoms with van der Waals surface area (Å²) in [6.07, 6.45) is 1.87. The highest BCUT2D eigenvalue weighted by atomic mass is 79.9. The lowest BCUT2D eigenvalue weighted by molar-refractivity contribution is -0.142. The van der Waals surface area contributed by atoms with Crippen LogP contribution in [-0.4, -0.2) is 35.9 Å². The topological polar surface area (TPSA) is 58.6 Å². The van der Waals surface area contributed by atoms with Gasteiger partial charge in [0.05, 0.1) is 0 Å². The van der Waals surface area contributed by atoms with Gasteiger partial charge < -0.3 is 15.0 Å². The van der Waals surface area contributed by atoms with E-state index in [-0.39, 0.29) is 25.0 Å². The van der Waals surface area contributed by atoms with Crippen molar-refractivity contribution >= 4 is 39.3 Å². The average Bonchev–Trinajstić information content (AvgIpc) is 2.74. The second-order valence-electron chi connectivity index (χ2n) is 7.59. The molecule has 2 amide bonds. The monoisotopic (exact) mass is 508 g/mol. The van der Waals surface area contributed by atoms with Crippen molar-refractivity contribution < 1.29 is 14.3 Å². The molecule has 0 aliphatic carbocycles. The predicted octanol–water partition coefficient (Wildman–Crippen LogP) is 5.43. The first-order valence-electron chi connectivity index (χ1n) is 10.4. The van der Waals surface area contributed by atoms with E-state index in [4.69, 9.17) is 16.3 Å². The maximum absolute atomic E-state index is 13.1. The lowest BCUT2D eigenvalue weighted by Gasteiger charge is -2.29. The lowest BCUT2D eigenvalue weighted by Crippen LogP contribution is -2.49. The number of benzene rings is 2. The summed E-state index contributed by atoms with van der Waals surface area (Å²) in [5.74, 6) is 0.143. The molecule has 2 rings (SSSR count). The van der Waals surface area contributed by atoms with Crippen LogP contribution in [0.5, 0.6) is 5.75 Å². The van der Waals surface area contributed by atoms with Gasteiger partial charge in [-0.25, -0.2) is 0 Å². The highest BCUT2D eigenvalue weighted by Crippen LogP contribution is 2.26. The number of nitrogens with one attached hydrogen (secondary N) is 1. The summed E-state index contributed by atoms with van der Waals surface area (Å²) in [5.41, 5.74) is 2.83. The van der Waals surface area contributed by atoms with Gasteiger partial charge in [-0.15, -0.1) is 0 Å². The number of rotatable bonds is 10. The van der Waals surface area contributed by atoms with Crippen molar-refractivity contribution in [1.29, 1.82) is 0 Å². The molecule has 168 valence electrons. The molecule has 2 aromatic rings. The van der Waals surface area contributed by atoms with Gasteiger partial charge >= 0.3 is 0 Å². The van der Waals surface area contributed by atoms with Crippen LogP contribution in [0.25, 0.3) is 0 Å². The quantitative estimate of drug-likeness (QED) is 0.434. The molecule has 0 bridgehead atoms. The van der Waals surface area contributed by atoms with Crippen molar-refractivity contribution in [3.05, 3.63) is 62.6 Å². The van der Waals surface area contributed by atoms with E-state index in [0.717, 1.165) is 34.0 Å². The molecule has 31 heavy (non-hydrogen) atoms. The van der Waals surface area contributed by atoms with E-state index < -0.39 is 6.04 Å². The molecule has 0 spiro atoms. The van der Waals surface area contributed by atoms with Crippen LogP contribution in [0.1, 0.15) is 43.4 Å². The maximum Gasteiger partial charge on any atom is 0.261 e. The Bertz CT molecular complexity index is 896. The van der Waals surface area contributed by atoms with Crippen LogP contribution in [-0.2, 0) is 16.1 Å². The third-order valence-electron chi connectivity index (χ3n) is 5.07. The number of aryl methyl sites for hydroxylation is 2. The summed E-state index contributed by atoms with van der Waals surface area (Å²) < 4.78 is 6.80. The zero-order chi connectivity index (χ0) is 23.0. The molecule has 0 fully saturated rings. The second kappa shape index (κ2) is 12.1. The summed E-state index contributed by atoms with van der Waals surface area (Å²) in [6.45, 7) is 8.37. The van der Waals surface area contributed by atoms with Gasteiger partial charge in [0.15, 0.2) is 6.61 Å². The van der Waals surface area contributed by atoms with E-state index in [1.165, 1.54) is 4.90 Å². The normalized spacial score (nSPS) is 11.7. The number of nitrogens with zero attached hydrogens (tertiary/aromatic N) is 1. The van der Waals surface area contributed by atoms with Crippen molar-refractivity contribution in [3.8, 4) is 5.75 Å². The molecule has 7 heteroatoms. The second-order valence-corrected chi connectivity index (χ2v) is 8.79. The Labute approximate surface area is 198 Å². The SMILES string of the molecule is CCCCNC(=O)[C@@H](C)N(Cc1ccccc1Cl)C(=O)COc1cc(C)c(Br)c(C)c1. The highest BCUT2D eigenvalue weighted by molar-refractivity contribution is 9.10. The summed E-state index contributed by atoms with van der Waals surface area (Å²) in [4.78, 5) is 27.3. The Balaban J connectivity index is 2.17.